The molecule has 0 saturated carbocycles. The van der Waals surface area contributed by atoms with Crippen molar-refractivity contribution in [3.8, 4) is 5.75 Å². The topological polar surface area (TPSA) is 27.7 Å². The summed E-state index contributed by atoms with van der Waals surface area (Å²) >= 11 is 0. The molecule has 0 aliphatic heterocycles. The summed E-state index contributed by atoms with van der Waals surface area (Å²) in [5, 5.41) is 0. The highest BCUT2D eigenvalue weighted by atomic mass is 31.2. The largest absolute Gasteiger partial charge is 0.427 e. The monoisotopic (exact) mass is 556 g/mol. The van der Waals surface area contributed by atoms with Gasteiger partial charge >= 0.3 is 8.60 Å². The molecule has 0 aromatic heterocycles. The number of unbranched alkanes of at least 4 members (excludes halogenated alkanes) is 4. The van der Waals surface area contributed by atoms with Crippen molar-refractivity contribution < 1.29 is 13.6 Å². The predicted molar refractivity (Wildman–Crippen MR) is 170 cm³/mol. The van der Waals surface area contributed by atoms with Gasteiger partial charge in [-0.3, -0.25) is 0 Å². The summed E-state index contributed by atoms with van der Waals surface area (Å²) in [5.41, 5.74) is 2.50. The van der Waals surface area contributed by atoms with Gasteiger partial charge in [0.25, 0.3) is 0 Å². The first kappa shape index (κ1) is 33.8. The molecule has 0 fully saturated rings. The summed E-state index contributed by atoms with van der Waals surface area (Å²) in [5.74, 6) is 1.97. The van der Waals surface area contributed by atoms with Gasteiger partial charge in [-0.1, -0.05) is 135 Å². The molecule has 39 heavy (non-hydrogen) atoms. The first-order valence-electron chi connectivity index (χ1n) is 15.8. The molecule has 220 valence electrons. The van der Waals surface area contributed by atoms with Gasteiger partial charge in [-0.25, -0.2) is 0 Å². The van der Waals surface area contributed by atoms with Crippen LogP contribution < -0.4 is 4.52 Å². The average Bonchev–Trinajstić information content (AvgIpc) is 2.95. The second-order valence-corrected chi connectivity index (χ2v) is 12.9. The Balaban J connectivity index is 2.09. The standard InChI is InChI=1S/C35H57O3P/c1-7-11-14-20-30(18-9-3)28-36-39(37-29-31(19-10-4)21-15-12-8-2)38-34-26-24-33(25-27-34)35(5,6)32-22-16-13-17-23-32/h13,16-17,22-27,30-31H,7-12,14-15,18-21,28-29H2,1-6H3. The van der Waals surface area contributed by atoms with Crippen LogP contribution in [0.3, 0.4) is 0 Å². The third kappa shape index (κ3) is 12.8. The summed E-state index contributed by atoms with van der Waals surface area (Å²) in [6, 6.07) is 19.2. The predicted octanol–water partition coefficient (Wildman–Crippen LogP) is 11.6. The van der Waals surface area contributed by atoms with Crippen LogP contribution in [0.1, 0.15) is 130 Å². The van der Waals surface area contributed by atoms with E-state index in [4.69, 9.17) is 13.6 Å². The maximum absolute atomic E-state index is 6.43. The van der Waals surface area contributed by atoms with Crippen LogP contribution in [0.2, 0.25) is 0 Å². The lowest BCUT2D eigenvalue weighted by Gasteiger charge is -2.27. The maximum atomic E-state index is 6.43. The second-order valence-electron chi connectivity index (χ2n) is 11.7. The van der Waals surface area contributed by atoms with Crippen LogP contribution in [0.5, 0.6) is 5.75 Å². The van der Waals surface area contributed by atoms with E-state index < -0.39 is 8.60 Å². The third-order valence-electron chi connectivity index (χ3n) is 7.91. The molecule has 2 atom stereocenters. The van der Waals surface area contributed by atoms with Crippen molar-refractivity contribution in [1.29, 1.82) is 0 Å². The van der Waals surface area contributed by atoms with Crippen LogP contribution in [0, 0.1) is 11.8 Å². The van der Waals surface area contributed by atoms with E-state index in [9.17, 15) is 0 Å². The molecule has 3 nitrogen and oxygen atoms in total. The van der Waals surface area contributed by atoms with Crippen LogP contribution in [0.15, 0.2) is 54.6 Å². The summed E-state index contributed by atoms with van der Waals surface area (Å²) in [6.45, 7) is 15.1. The third-order valence-corrected chi connectivity index (χ3v) is 8.99. The highest BCUT2D eigenvalue weighted by Gasteiger charge is 2.24. The zero-order valence-corrected chi connectivity index (χ0v) is 26.8. The molecule has 0 spiro atoms. The van der Waals surface area contributed by atoms with Crippen molar-refractivity contribution >= 4 is 8.60 Å². The number of benzene rings is 2. The number of hydrogen-bond acceptors (Lipinski definition) is 3. The highest BCUT2D eigenvalue weighted by Crippen LogP contribution is 2.43. The van der Waals surface area contributed by atoms with Crippen LogP contribution in [-0.2, 0) is 14.5 Å². The van der Waals surface area contributed by atoms with Crippen LogP contribution in [0.4, 0.5) is 0 Å². The Kier molecular flexibility index (Phi) is 17.0. The Morgan fingerprint density at radius 3 is 1.54 bits per heavy atom. The van der Waals surface area contributed by atoms with E-state index in [1.54, 1.807) is 0 Å². The van der Waals surface area contributed by atoms with Crippen molar-refractivity contribution in [2.75, 3.05) is 13.2 Å². The zero-order valence-electron chi connectivity index (χ0n) is 25.9. The van der Waals surface area contributed by atoms with E-state index in [2.05, 4.69) is 96.1 Å². The van der Waals surface area contributed by atoms with Crippen LogP contribution in [0.25, 0.3) is 0 Å². The van der Waals surface area contributed by atoms with Crippen molar-refractivity contribution in [3.05, 3.63) is 65.7 Å². The SMILES string of the molecule is CCCCCC(CCC)COP(OCC(CCC)CCCCC)Oc1ccc(C(C)(C)c2ccccc2)cc1. The van der Waals surface area contributed by atoms with Gasteiger partial charge in [-0.2, -0.15) is 0 Å². The van der Waals surface area contributed by atoms with Gasteiger partial charge in [0.15, 0.2) is 0 Å². The molecule has 0 saturated heterocycles. The molecule has 4 heteroatoms. The van der Waals surface area contributed by atoms with E-state index in [1.807, 2.05) is 0 Å². The van der Waals surface area contributed by atoms with Gasteiger partial charge < -0.3 is 13.6 Å². The fourth-order valence-electron chi connectivity index (χ4n) is 5.27. The summed E-state index contributed by atoms with van der Waals surface area (Å²) in [7, 11) is -1.44. The number of rotatable bonds is 22. The minimum atomic E-state index is -1.44. The van der Waals surface area contributed by atoms with Gasteiger partial charge in [-0.05, 0) is 60.8 Å². The Morgan fingerprint density at radius 1 is 0.590 bits per heavy atom. The first-order valence-corrected chi connectivity index (χ1v) is 16.9. The molecule has 0 amide bonds. The minimum absolute atomic E-state index is 0.0742. The molecular weight excluding hydrogens is 499 g/mol. The van der Waals surface area contributed by atoms with Crippen LogP contribution in [-0.4, -0.2) is 13.2 Å². The van der Waals surface area contributed by atoms with Crippen molar-refractivity contribution in [2.45, 2.75) is 124 Å². The molecule has 2 aromatic carbocycles. The van der Waals surface area contributed by atoms with Crippen molar-refractivity contribution in [3.63, 3.8) is 0 Å². The smallest absolute Gasteiger partial charge is 0.397 e. The zero-order chi connectivity index (χ0) is 28.3. The molecule has 0 N–H and O–H groups in total. The molecule has 0 radical (unpaired) electrons. The molecule has 0 bridgehead atoms. The quantitative estimate of drug-likeness (QED) is 0.107. The van der Waals surface area contributed by atoms with Gasteiger partial charge in [0.05, 0.1) is 13.2 Å². The van der Waals surface area contributed by atoms with Crippen molar-refractivity contribution in [1.82, 2.24) is 0 Å². The molecule has 2 aromatic rings. The minimum Gasteiger partial charge on any atom is -0.427 e. The first-order chi connectivity index (χ1) is 18.9. The van der Waals surface area contributed by atoms with E-state index in [0.717, 1.165) is 19.0 Å². The highest BCUT2D eigenvalue weighted by molar-refractivity contribution is 7.42. The van der Waals surface area contributed by atoms with E-state index in [1.165, 1.54) is 88.2 Å². The fourth-order valence-corrected chi connectivity index (χ4v) is 6.41. The van der Waals surface area contributed by atoms with Gasteiger partial charge in [0.2, 0.25) is 0 Å². The molecule has 0 aliphatic carbocycles. The van der Waals surface area contributed by atoms with Gasteiger partial charge in [0, 0.05) is 5.41 Å². The normalized spacial score (nSPS) is 14.2. The van der Waals surface area contributed by atoms with E-state index >= 15 is 0 Å². The number of hydrogen-bond donors (Lipinski definition) is 0. The average molecular weight is 557 g/mol. The maximum Gasteiger partial charge on any atom is 0.397 e. The fraction of sp³-hybridized carbons (Fsp3) is 0.657. The Hall–Kier alpha value is -1.41. The molecular formula is C35H57O3P. The lowest BCUT2D eigenvalue weighted by atomic mass is 9.78. The second kappa shape index (κ2) is 19.6. The van der Waals surface area contributed by atoms with Gasteiger partial charge in [0.1, 0.15) is 5.75 Å². The molecule has 2 unspecified atom stereocenters. The van der Waals surface area contributed by atoms with Gasteiger partial charge in [-0.15, -0.1) is 0 Å². The summed E-state index contributed by atoms with van der Waals surface area (Å²) in [4.78, 5) is 0. The van der Waals surface area contributed by atoms with Crippen LogP contribution >= 0.6 is 8.60 Å². The Morgan fingerprint density at radius 2 is 1.08 bits per heavy atom. The Bertz CT molecular complexity index is 828. The van der Waals surface area contributed by atoms with E-state index in [-0.39, 0.29) is 5.41 Å². The van der Waals surface area contributed by atoms with E-state index in [0.29, 0.717) is 11.8 Å². The summed E-state index contributed by atoms with van der Waals surface area (Å²) in [6.07, 6.45) is 14.9. The molecule has 0 aliphatic rings. The Labute approximate surface area is 242 Å². The molecule has 2 rings (SSSR count). The van der Waals surface area contributed by atoms with Crippen molar-refractivity contribution in [2.24, 2.45) is 11.8 Å². The lowest BCUT2D eigenvalue weighted by molar-refractivity contribution is 0.148. The summed E-state index contributed by atoms with van der Waals surface area (Å²) < 4.78 is 19.3. The molecule has 0 heterocycles. The lowest BCUT2D eigenvalue weighted by Crippen LogP contribution is -2.18.